The van der Waals surface area contributed by atoms with E-state index in [0.29, 0.717) is 24.3 Å². The number of carbonyl (C=O) groups is 1. The number of carbonyl (C=O) groups excluding carboxylic acids is 1. The minimum absolute atomic E-state index is 0.105. The second-order valence-electron chi connectivity index (χ2n) is 4.28. The van der Waals surface area contributed by atoms with Crippen LogP contribution in [-0.4, -0.2) is 22.2 Å². The van der Waals surface area contributed by atoms with Crippen molar-refractivity contribution in [2.45, 2.75) is 13.5 Å². The molecule has 0 atom stereocenters. The first-order valence-electron chi connectivity index (χ1n) is 5.88. The first-order chi connectivity index (χ1) is 9.06. The Hall–Kier alpha value is -1.82. The van der Waals surface area contributed by atoms with E-state index in [0.717, 1.165) is 10.0 Å². The summed E-state index contributed by atoms with van der Waals surface area (Å²) in [7, 11) is 0. The van der Waals surface area contributed by atoms with Crippen LogP contribution >= 0.6 is 15.9 Å². The van der Waals surface area contributed by atoms with E-state index in [1.54, 1.807) is 23.1 Å². The predicted molar refractivity (Wildman–Crippen MR) is 77.9 cm³/mol. The summed E-state index contributed by atoms with van der Waals surface area (Å²) in [6.07, 6.45) is 3.31. The zero-order valence-corrected chi connectivity index (χ0v) is 12.1. The van der Waals surface area contributed by atoms with Crippen LogP contribution in [-0.2, 0) is 6.54 Å². The van der Waals surface area contributed by atoms with E-state index < -0.39 is 0 Å². The van der Waals surface area contributed by atoms with Gasteiger partial charge in [0.1, 0.15) is 0 Å². The molecular formula is C13H15BrN4O. The van der Waals surface area contributed by atoms with Crippen molar-refractivity contribution in [2.75, 3.05) is 12.3 Å². The Morgan fingerprint density at radius 1 is 1.53 bits per heavy atom. The first-order valence-corrected chi connectivity index (χ1v) is 6.68. The molecule has 6 heteroatoms. The molecule has 1 amide bonds. The highest BCUT2D eigenvalue weighted by Gasteiger charge is 2.09. The number of rotatable bonds is 4. The number of aromatic nitrogens is 2. The third-order valence-corrected chi connectivity index (χ3v) is 3.30. The van der Waals surface area contributed by atoms with Gasteiger partial charge in [-0.25, -0.2) is 0 Å². The third kappa shape index (κ3) is 3.57. The third-order valence-electron chi connectivity index (χ3n) is 2.65. The first kappa shape index (κ1) is 13.6. The van der Waals surface area contributed by atoms with Crippen LogP contribution in [0, 0.1) is 6.92 Å². The molecule has 0 saturated heterocycles. The summed E-state index contributed by atoms with van der Waals surface area (Å²) < 4.78 is 2.49. The second-order valence-corrected chi connectivity index (χ2v) is 5.13. The lowest BCUT2D eigenvalue weighted by atomic mass is 10.1. The molecule has 0 radical (unpaired) electrons. The molecule has 2 aromatic rings. The number of nitrogens with zero attached hydrogens (tertiary/aromatic N) is 2. The molecule has 19 heavy (non-hydrogen) atoms. The average molecular weight is 323 g/mol. The Kier molecular flexibility index (Phi) is 4.21. The molecule has 100 valence electrons. The van der Waals surface area contributed by atoms with Crippen LogP contribution in [0.1, 0.15) is 15.9 Å². The lowest BCUT2D eigenvalue weighted by molar-refractivity contribution is 0.0951. The van der Waals surface area contributed by atoms with Gasteiger partial charge in [0.15, 0.2) is 0 Å². The Bertz CT molecular complexity index is 594. The van der Waals surface area contributed by atoms with Crippen molar-refractivity contribution in [3.05, 3.63) is 46.2 Å². The van der Waals surface area contributed by atoms with Crippen LogP contribution in [0.15, 0.2) is 35.1 Å². The zero-order chi connectivity index (χ0) is 13.8. The molecule has 0 aliphatic heterocycles. The standard InChI is InChI=1S/C13H15BrN4O/c1-9-2-3-11(12(14)6-9)13(19)16-4-5-18-8-10(15)7-17-18/h2-3,6-8H,4-5,15H2,1H3,(H,16,19). The van der Waals surface area contributed by atoms with Crippen molar-refractivity contribution >= 4 is 27.5 Å². The summed E-state index contributed by atoms with van der Waals surface area (Å²) in [5.41, 5.74) is 7.91. The molecule has 1 aromatic carbocycles. The SMILES string of the molecule is Cc1ccc(C(=O)NCCn2cc(N)cn2)c(Br)c1. The van der Waals surface area contributed by atoms with Crippen LogP contribution in [0.5, 0.6) is 0 Å². The van der Waals surface area contributed by atoms with Crippen molar-refractivity contribution in [3.8, 4) is 0 Å². The molecule has 2 rings (SSSR count). The average Bonchev–Trinajstić information content (AvgIpc) is 2.75. The number of halogens is 1. The van der Waals surface area contributed by atoms with Crippen LogP contribution < -0.4 is 11.1 Å². The van der Waals surface area contributed by atoms with E-state index in [9.17, 15) is 4.79 Å². The minimum Gasteiger partial charge on any atom is -0.396 e. The molecule has 1 aromatic heterocycles. The quantitative estimate of drug-likeness (QED) is 0.903. The summed E-state index contributed by atoms with van der Waals surface area (Å²) in [6.45, 7) is 3.07. The van der Waals surface area contributed by atoms with Gasteiger partial charge in [-0.2, -0.15) is 5.10 Å². The predicted octanol–water partition coefficient (Wildman–Crippen LogP) is 1.97. The molecule has 0 saturated carbocycles. The van der Waals surface area contributed by atoms with Crippen molar-refractivity contribution in [3.63, 3.8) is 0 Å². The van der Waals surface area contributed by atoms with Gasteiger partial charge < -0.3 is 11.1 Å². The maximum atomic E-state index is 12.0. The number of nitrogen functional groups attached to an aromatic ring is 1. The maximum Gasteiger partial charge on any atom is 0.252 e. The van der Waals surface area contributed by atoms with Crippen LogP contribution in [0.2, 0.25) is 0 Å². The summed E-state index contributed by atoms with van der Waals surface area (Å²) >= 11 is 3.39. The van der Waals surface area contributed by atoms with E-state index in [2.05, 4.69) is 26.3 Å². The van der Waals surface area contributed by atoms with Gasteiger partial charge in [0, 0.05) is 17.2 Å². The van der Waals surface area contributed by atoms with Gasteiger partial charge in [0.05, 0.1) is 24.0 Å². The minimum atomic E-state index is -0.105. The monoisotopic (exact) mass is 322 g/mol. The van der Waals surface area contributed by atoms with Gasteiger partial charge in [0.2, 0.25) is 0 Å². The van der Waals surface area contributed by atoms with Gasteiger partial charge in [-0.1, -0.05) is 6.07 Å². The lowest BCUT2D eigenvalue weighted by Crippen LogP contribution is -2.27. The summed E-state index contributed by atoms with van der Waals surface area (Å²) in [5, 5.41) is 6.89. The fourth-order valence-electron chi connectivity index (χ4n) is 1.69. The summed E-state index contributed by atoms with van der Waals surface area (Å²) in [6, 6.07) is 5.64. The Labute approximate surface area is 119 Å². The Morgan fingerprint density at radius 2 is 2.32 bits per heavy atom. The zero-order valence-electron chi connectivity index (χ0n) is 10.6. The largest absolute Gasteiger partial charge is 0.396 e. The molecule has 5 nitrogen and oxygen atoms in total. The molecule has 3 N–H and O–H groups in total. The smallest absolute Gasteiger partial charge is 0.252 e. The van der Waals surface area contributed by atoms with E-state index in [1.807, 2.05) is 19.1 Å². The van der Waals surface area contributed by atoms with Crippen LogP contribution in [0.4, 0.5) is 5.69 Å². The normalized spacial score (nSPS) is 10.4. The van der Waals surface area contributed by atoms with E-state index in [-0.39, 0.29) is 5.91 Å². The number of benzene rings is 1. The van der Waals surface area contributed by atoms with E-state index in [1.165, 1.54) is 0 Å². The molecular weight excluding hydrogens is 308 g/mol. The van der Waals surface area contributed by atoms with Crippen molar-refractivity contribution in [1.29, 1.82) is 0 Å². The topological polar surface area (TPSA) is 72.9 Å². The Balaban J connectivity index is 1.90. The van der Waals surface area contributed by atoms with Crippen molar-refractivity contribution < 1.29 is 4.79 Å². The number of hydrogen-bond acceptors (Lipinski definition) is 3. The van der Waals surface area contributed by atoms with Gasteiger partial charge >= 0.3 is 0 Å². The molecule has 0 aliphatic carbocycles. The number of amides is 1. The van der Waals surface area contributed by atoms with Gasteiger partial charge in [-0.15, -0.1) is 0 Å². The molecule has 0 fully saturated rings. The highest BCUT2D eigenvalue weighted by molar-refractivity contribution is 9.10. The number of nitrogens with two attached hydrogens (primary N) is 1. The number of anilines is 1. The maximum absolute atomic E-state index is 12.0. The number of hydrogen-bond donors (Lipinski definition) is 2. The fourth-order valence-corrected chi connectivity index (χ4v) is 2.36. The van der Waals surface area contributed by atoms with Gasteiger partial charge in [-0.3, -0.25) is 9.48 Å². The molecule has 0 spiro atoms. The highest BCUT2D eigenvalue weighted by atomic mass is 79.9. The van der Waals surface area contributed by atoms with Crippen molar-refractivity contribution in [2.24, 2.45) is 0 Å². The highest BCUT2D eigenvalue weighted by Crippen LogP contribution is 2.18. The van der Waals surface area contributed by atoms with E-state index >= 15 is 0 Å². The molecule has 0 unspecified atom stereocenters. The fraction of sp³-hybridized carbons (Fsp3) is 0.231. The van der Waals surface area contributed by atoms with Crippen LogP contribution in [0.3, 0.4) is 0 Å². The molecule has 0 aliphatic rings. The van der Waals surface area contributed by atoms with Crippen LogP contribution in [0.25, 0.3) is 0 Å². The number of nitrogens with one attached hydrogen (secondary N) is 1. The summed E-state index contributed by atoms with van der Waals surface area (Å²) in [5.74, 6) is -0.105. The van der Waals surface area contributed by atoms with Crippen molar-refractivity contribution in [1.82, 2.24) is 15.1 Å². The molecule has 0 bridgehead atoms. The van der Waals surface area contributed by atoms with E-state index in [4.69, 9.17) is 5.73 Å². The van der Waals surface area contributed by atoms with Gasteiger partial charge in [0.25, 0.3) is 5.91 Å². The molecule has 1 heterocycles. The second kappa shape index (κ2) is 5.88. The lowest BCUT2D eigenvalue weighted by Gasteiger charge is -2.07. The van der Waals surface area contributed by atoms with Gasteiger partial charge in [-0.05, 0) is 40.5 Å². The Morgan fingerprint density at radius 3 is 2.95 bits per heavy atom. The number of aryl methyl sites for hydroxylation is 1. The summed E-state index contributed by atoms with van der Waals surface area (Å²) in [4.78, 5) is 12.0.